The number of imidazole rings is 1. The highest BCUT2D eigenvalue weighted by atomic mass is 32.2. The lowest BCUT2D eigenvalue weighted by molar-refractivity contribution is 0.565. The number of hydrogen-bond acceptors (Lipinski definition) is 3. The number of H-pyrrole nitrogens is 1. The molecule has 4 nitrogen and oxygen atoms in total. The van der Waals surface area contributed by atoms with E-state index in [1.807, 2.05) is 27.7 Å². The summed E-state index contributed by atoms with van der Waals surface area (Å²) in [7, 11) is -2.73. The van der Waals surface area contributed by atoms with E-state index in [1.165, 1.54) is 6.26 Å². The first-order valence-electron chi connectivity index (χ1n) is 4.43. The molecule has 14 heavy (non-hydrogen) atoms. The molecule has 0 spiro atoms. The van der Waals surface area contributed by atoms with E-state index in [0.717, 1.165) is 11.4 Å². The van der Waals surface area contributed by atoms with Gasteiger partial charge in [-0.25, -0.2) is 14.0 Å². The van der Waals surface area contributed by atoms with Crippen LogP contribution in [0.4, 0.5) is 0 Å². The van der Waals surface area contributed by atoms with Crippen molar-refractivity contribution in [2.75, 3.05) is 6.26 Å². The summed E-state index contributed by atoms with van der Waals surface area (Å²) in [4.78, 5) is 7.15. The Morgan fingerprint density at radius 2 is 1.93 bits per heavy atom. The Labute approximate surface area is 85.1 Å². The van der Waals surface area contributed by atoms with Gasteiger partial charge in [-0.15, -0.1) is 0 Å². The first kappa shape index (κ1) is 11.2. The van der Waals surface area contributed by atoms with Crippen LogP contribution in [-0.4, -0.2) is 20.4 Å². The predicted molar refractivity (Wildman–Crippen MR) is 57.1 cm³/mol. The smallest absolute Gasteiger partial charge is 0.205 e. The van der Waals surface area contributed by atoms with Gasteiger partial charge < -0.3 is 4.98 Å². The maximum atomic E-state index is 11.5. The molecule has 0 radical (unpaired) electrons. The largest absolute Gasteiger partial charge is 0.334 e. The Morgan fingerprint density at radius 3 is 2.14 bits per heavy atom. The highest BCUT2D eigenvalue weighted by molar-refractivity contribution is 7.91. The highest BCUT2D eigenvalue weighted by Gasteiger charge is 2.22. The van der Waals surface area contributed by atoms with E-state index in [4.69, 9.17) is 4.78 Å². The normalized spacial score (nSPS) is 16.6. The van der Waals surface area contributed by atoms with Crippen molar-refractivity contribution in [1.82, 2.24) is 9.97 Å². The Morgan fingerprint density at radius 1 is 1.43 bits per heavy atom. The lowest BCUT2D eigenvalue weighted by Crippen LogP contribution is -2.13. The molecule has 1 atom stereocenters. The third kappa shape index (κ3) is 2.15. The maximum absolute atomic E-state index is 11.5. The maximum Gasteiger partial charge on any atom is 0.205 e. The van der Waals surface area contributed by atoms with E-state index in [1.54, 1.807) is 0 Å². The standard InChI is InChI=1S/C9H17N3OS/c1-6-7(9(2,3)4)12-8(11-6)14(5,10)13/h10H,1-5H3,(H,11,12). The monoisotopic (exact) mass is 215 g/mol. The highest BCUT2D eigenvalue weighted by Crippen LogP contribution is 2.24. The second kappa shape index (κ2) is 3.08. The topological polar surface area (TPSA) is 69.6 Å². The van der Waals surface area contributed by atoms with Crippen molar-refractivity contribution in [2.45, 2.75) is 38.3 Å². The molecule has 0 saturated heterocycles. The molecule has 5 heteroatoms. The molecule has 1 rings (SSSR count). The summed E-state index contributed by atoms with van der Waals surface area (Å²) in [6, 6.07) is 0. The molecule has 0 amide bonds. The van der Waals surface area contributed by atoms with Crippen molar-refractivity contribution in [1.29, 1.82) is 4.78 Å². The van der Waals surface area contributed by atoms with Crippen LogP contribution in [0.15, 0.2) is 5.16 Å². The van der Waals surface area contributed by atoms with Gasteiger partial charge in [-0.3, -0.25) is 0 Å². The van der Waals surface area contributed by atoms with E-state index in [0.29, 0.717) is 0 Å². The first-order chi connectivity index (χ1) is 6.12. The van der Waals surface area contributed by atoms with E-state index in [-0.39, 0.29) is 10.6 Å². The molecule has 0 fully saturated rings. The minimum Gasteiger partial charge on any atom is -0.334 e. The molecule has 1 aromatic rings. The Kier molecular flexibility index (Phi) is 2.48. The van der Waals surface area contributed by atoms with E-state index in [9.17, 15) is 4.21 Å². The molecule has 0 bridgehead atoms. The zero-order valence-electron chi connectivity index (χ0n) is 9.26. The molecule has 0 aliphatic heterocycles. The van der Waals surface area contributed by atoms with Crippen LogP contribution < -0.4 is 0 Å². The molecular formula is C9H17N3OS. The molecule has 1 unspecified atom stereocenters. The molecule has 0 aromatic carbocycles. The van der Waals surface area contributed by atoms with Gasteiger partial charge in [-0.1, -0.05) is 20.8 Å². The number of nitrogens with zero attached hydrogens (tertiary/aromatic N) is 1. The van der Waals surface area contributed by atoms with Crippen molar-refractivity contribution in [2.24, 2.45) is 0 Å². The fourth-order valence-electron chi connectivity index (χ4n) is 1.35. The minimum atomic E-state index is -2.73. The summed E-state index contributed by atoms with van der Waals surface area (Å²) >= 11 is 0. The van der Waals surface area contributed by atoms with E-state index >= 15 is 0 Å². The van der Waals surface area contributed by atoms with Crippen molar-refractivity contribution >= 4 is 9.73 Å². The summed E-state index contributed by atoms with van der Waals surface area (Å²) in [6.07, 6.45) is 1.37. The number of hydrogen-bond donors (Lipinski definition) is 2. The van der Waals surface area contributed by atoms with Gasteiger partial charge in [0.1, 0.15) is 9.73 Å². The van der Waals surface area contributed by atoms with Gasteiger partial charge in [0, 0.05) is 17.4 Å². The number of rotatable bonds is 1. The van der Waals surface area contributed by atoms with E-state index in [2.05, 4.69) is 9.97 Å². The second-order valence-corrected chi connectivity index (χ2v) is 6.68. The lowest BCUT2D eigenvalue weighted by atomic mass is 9.91. The molecule has 1 heterocycles. The molecule has 0 aliphatic carbocycles. The van der Waals surface area contributed by atoms with Crippen LogP contribution in [0.1, 0.15) is 32.2 Å². The average Bonchev–Trinajstić information content (AvgIpc) is 2.27. The molecular weight excluding hydrogens is 198 g/mol. The van der Waals surface area contributed by atoms with Gasteiger partial charge in [0.15, 0.2) is 0 Å². The van der Waals surface area contributed by atoms with Gasteiger partial charge in [-0.2, -0.15) is 0 Å². The van der Waals surface area contributed by atoms with Crippen LogP contribution in [0.2, 0.25) is 0 Å². The zero-order valence-corrected chi connectivity index (χ0v) is 10.1. The SMILES string of the molecule is Cc1[nH]c(S(C)(=N)=O)nc1C(C)(C)C. The molecule has 0 saturated carbocycles. The number of aromatic amines is 1. The van der Waals surface area contributed by atoms with Gasteiger partial charge in [-0.05, 0) is 6.92 Å². The average molecular weight is 215 g/mol. The van der Waals surface area contributed by atoms with Crippen LogP contribution in [0.25, 0.3) is 0 Å². The molecule has 1 aromatic heterocycles. The van der Waals surface area contributed by atoms with Crippen LogP contribution in [0.5, 0.6) is 0 Å². The summed E-state index contributed by atoms with van der Waals surface area (Å²) in [5.41, 5.74) is 1.70. The molecule has 0 aliphatic rings. The van der Waals surface area contributed by atoms with Gasteiger partial charge in [0.2, 0.25) is 5.16 Å². The van der Waals surface area contributed by atoms with Crippen LogP contribution in [0, 0.1) is 11.7 Å². The quantitative estimate of drug-likeness (QED) is 0.752. The van der Waals surface area contributed by atoms with Crippen LogP contribution in [0.3, 0.4) is 0 Å². The molecule has 80 valence electrons. The van der Waals surface area contributed by atoms with Crippen molar-refractivity contribution in [3.8, 4) is 0 Å². The molecule has 2 N–H and O–H groups in total. The Hall–Kier alpha value is -0.840. The van der Waals surface area contributed by atoms with Crippen molar-refractivity contribution in [3.63, 3.8) is 0 Å². The van der Waals surface area contributed by atoms with Crippen LogP contribution in [-0.2, 0) is 15.1 Å². The van der Waals surface area contributed by atoms with Gasteiger partial charge in [0.25, 0.3) is 0 Å². The van der Waals surface area contributed by atoms with Gasteiger partial charge >= 0.3 is 0 Å². The van der Waals surface area contributed by atoms with Crippen molar-refractivity contribution in [3.05, 3.63) is 11.4 Å². The number of aryl methyl sites for hydroxylation is 1. The lowest BCUT2D eigenvalue weighted by Gasteiger charge is -2.15. The summed E-state index contributed by atoms with van der Waals surface area (Å²) in [5.74, 6) is 0. The number of aromatic nitrogens is 2. The third-order valence-electron chi connectivity index (χ3n) is 1.94. The Bertz CT molecular complexity index is 437. The fraction of sp³-hybridized carbons (Fsp3) is 0.667. The number of nitrogens with one attached hydrogen (secondary N) is 2. The van der Waals surface area contributed by atoms with Crippen LogP contribution >= 0.6 is 0 Å². The fourth-order valence-corrected chi connectivity index (χ4v) is 1.96. The van der Waals surface area contributed by atoms with Gasteiger partial charge in [0.05, 0.1) is 5.69 Å². The third-order valence-corrected chi connectivity index (χ3v) is 2.87. The van der Waals surface area contributed by atoms with E-state index < -0.39 is 9.73 Å². The Balaban J connectivity index is 3.33. The predicted octanol–water partition coefficient (Wildman–Crippen LogP) is 2.05. The summed E-state index contributed by atoms with van der Waals surface area (Å²) in [5, 5.41) is 0.278. The zero-order chi connectivity index (χ0) is 11.1. The summed E-state index contributed by atoms with van der Waals surface area (Å²) < 4.78 is 18.9. The second-order valence-electron chi connectivity index (χ2n) is 4.61. The minimum absolute atomic E-state index is 0.0798. The first-order valence-corrected chi connectivity index (χ1v) is 6.40. The summed E-state index contributed by atoms with van der Waals surface area (Å²) in [6.45, 7) is 8.02. The van der Waals surface area contributed by atoms with Crippen molar-refractivity contribution < 1.29 is 4.21 Å².